The fraction of sp³-hybridized carbons (Fsp3) is 0.519. The fourth-order valence-corrected chi connectivity index (χ4v) is 5.14. The van der Waals surface area contributed by atoms with E-state index in [1.54, 1.807) is 0 Å². The SMILES string of the molecule is COc1cc(O)c2c(=O)c3c(O[C@@H]4O[C@H](CO[C@@H]5O[C@H](CO)[C@@H](O)[C@H](O)[C@H]5O)[C@@H](O)[C@H](O)[C@H]4O)c(O)ccc3oc2c1OC. The Hall–Kier alpha value is -3.49. The minimum absolute atomic E-state index is 0.000215. The van der Waals surface area contributed by atoms with Crippen LogP contribution in [0.1, 0.15) is 0 Å². The molecule has 0 spiro atoms. The van der Waals surface area contributed by atoms with Crippen LogP contribution >= 0.6 is 0 Å². The van der Waals surface area contributed by atoms with Crippen molar-refractivity contribution in [2.45, 2.75) is 61.4 Å². The van der Waals surface area contributed by atoms with Gasteiger partial charge in [-0.3, -0.25) is 4.79 Å². The predicted octanol–water partition coefficient (Wildman–Crippen LogP) is -2.62. The third-order valence-corrected chi connectivity index (χ3v) is 7.55. The molecule has 2 aliphatic heterocycles. The van der Waals surface area contributed by atoms with Crippen LogP contribution in [0.5, 0.6) is 28.7 Å². The number of phenolic OH excluding ortho intramolecular Hbond substituents is 2. The molecule has 1 aromatic heterocycles. The molecule has 17 nitrogen and oxygen atoms in total. The lowest BCUT2D eigenvalue weighted by Crippen LogP contribution is -2.62. The highest BCUT2D eigenvalue weighted by atomic mass is 16.7. The largest absolute Gasteiger partial charge is 0.507 e. The minimum atomic E-state index is -1.94. The van der Waals surface area contributed by atoms with Gasteiger partial charge in [-0.2, -0.15) is 0 Å². The summed E-state index contributed by atoms with van der Waals surface area (Å²) in [6.07, 6.45) is -17.0. The van der Waals surface area contributed by atoms with Crippen molar-refractivity contribution in [1.82, 2.24) is 0 Å². The fourth-order valence-electron chi connectivity index (χ4n) is 5.14. The zero-order valence-electron chi connectivity index (χ0n) is 23.2. The van der Waals surface area contributed by atoms with E-state index >= 15 is 0 Å². The molecule has 2 aromatic carbocycles. The molecular formula is C27H32O17. The number of hydrogen-bond acceptors (Lipinski definition) is 17. The third-order valence-electron chi connectivity index (χ3n) is 7.55. The maximum Gasteiger partial charge on any atom is 0.229 e. The Kier molecular flexibility index (Phi) is 9.06. The van der Waals surface area contributed by atoms with Gasteiger partial charge in [0, 0.05) is 6.07 Å². The molecule has 0 saturated carbocycles. The number of phenols is 2. The molecule has 17 heteroatoms. The molecule has 0 aliphatic carbocycles. The highest BCUT2D eigenvalue weighted by Gasteiger charge is 2.48. The second-order valence-corrected chi connectivity index (χ2v) is 10.2. The van der Waals surface area contributed by atoms with Gasteiger partial charge in [-0.1, -0.05) is 0 Å². The lowest BCUT2D eigenvalue weighted by molar-refractivity contribution is -0.323. The van der Waals surface area contributed by atoms with E-state index in [1.807, 2.05) is 0 Å². The summed E-state index contributed by atoms with van der Waals surface area (Å²) in [4.78, 5) is 13.6. The quantitative estimate of drug-likeness (QED) is 0.116. The van der Waals surface area contributed by atoms with E-state index in [9.17, 15) is 50.8 Å². The molecule has 3 heterocycles. The van der Waals surface area contributed by atoms with Crippen molar-refractivity contribution < 1.29 is 78.8 Å². The number of aliphatic hydroxyl groups is 7. The van der Waals surface area contributed by atoms with Crippen molar-refractivity contribution >= 4 is 21.9 Å². The number of rotatable bonds is 8. The normalized spacial score (nSPS) is 32.6. The van der Waals surface area contributed by atoms with Gasteiger partial charge in [-0.05, 0) is 12.1 Å². The van der Waals surface area contributed by atoms with Gasteiger partial charge in [-0.25, -0.2) is 0 Å². The predicted molar refractivity (Wildman–Crippen MR) is 143 cm³/mol. The Labute approximate surface area is 247 Å². The van der Waals surface area contributed by atoms with Gasteiger partial charge in [0.25, 0.3) is 0 Å². The maximum atomic E-state index is 13.6. The van der Waals surface area contributed by atoms with E-state index in [-0.39, 0.29) is 33.4 Å². The summed E-state index contributed by atoms with van der Waals surface area (Å²) in [6, 6.07) is 3.47. The summed E-state index contributed by atoms with van der Waals surface area (Å²) in [6.45, 7) is -1.36. The first-order valence-electron chi connectivity index (χ1n) is 13.3. The zero-order valence-corrected chi connectivity index (χ0v) is 23.2. The maximum absolute atomic E-state index is 13.6. The lowest BCUT2D eigenvalue weighted by atomic mass is 9.98. The Balaban J connectivity index is 1.46. The van der Waals surface area contributed by atoms with E-state index in [1.165, 1.54) is 20.3 Å². The van der Waals surface area contributed by atoms with Crippen LogP contribution in [0.25, 0.3) is 21.9 Å². The molecule has 0 bridgehead atoms. The van der Waals surface area contributed by atoms with Gasteiger partial charge in [-0.15, -0.1) is 0 Å². The monoisotopic (exact) mass is 628 g/mol. The van der Waals surface area contributed by atoms with Crippen LogP contribution in [-0.2, 0) is 14.2 Å². The summed E-state index contributed by atoms with van der Waals surface area (Å²) in [7, 11) is 2.61. The lowest BCUT2D eigenvalue weighted by Gasteiger charge is -2.42. The number of benzene rings is 2. The summed E-state index contributed by atoms with van der Waals surface area (Å²) >= 11 is 0. The van der Waals surface area contributed by atoms with Gasteiger partial charge in [0.05, 0.1) is 27.4 Å². The average Bonchev–Trinajstić information content (AvgIpc) is 3.01. The molecule has 2 fully saturated rings. The Morgan fingerprint density at radius 3 is 2.02 bits per heavy atom. The number of aliphatic hydroxyl groups excluding tert-OH is 7. The summed E-state index contributed by atoms with van der Waals surface area (Å²) in [5.41, 5.74) is -1.19. The first-order valence-corrected chi connectivity index (χ1v) is 13.3. The van der Waals surface area contributed by atoms with Crippen LogP contribution in [-0.4, -0.2) is 135 Å². The standard InChI is InChI=1S/C27H32O17/c1-38-11-5-9(30)14-18(33)15-10(41-25(14)24(11)39-2)4-3-8(29)23(15)44-27-22(37)20(35)17(32)13(43-27)7-40-26-21(36)19(34)16(31)12(6-28)42-26/h3-5,12-13,16-17,19-22,26-32,34-37H,6-7H2,1-2H3/t12-,13-,16-,17-,19+,20+,21-,22-,26-,27+/m1/s1. The second kappa shape index (κ2) is 12.5. The molecule has 0 amide bonds. The third kappa shape index (κ3) is 5.36. The molecule has 9 N–H and O–H groups in total. The van der Waals surface area contributed by atoms with Crippen LogP contribution < -0.4 is 19.6 Å². The first kappa shape index (κ1) is 31.9. The molecule has 2 saturated heterocycles. The number of ether oxygens (including phenoxy) is 6. The summed E-state index contributed by atoms with van der Waals surface area (Å²) < 4.78 is 38.2. The van der Waals surface area contributed by atoms with Gasteiger partial charge in [0.15, 0.2) is 29.1 Å². The molecule has 0 radical (unpaired) electrons. The van der Waals surface area contributed by atoms with Gasteiger partial charge in [0.2, 0.25) is 17.5 Å². The highest BCUT2D eigenvalue weighted by molar-refractivity contribution is 6.00. The van der Waals surface area contributed by atoms with E-state index in [4.69, 9.17) is 32.8 Å². The van der Waals surface area contributed by atoms with Crippen LogP contribution in [0.15, 0.2) is 27.4 Å². The second-order valence-electron chi connectivity index (χ2n) is 10.2. The molecule has 44 heavy (non-hydrogen) atoms. The van der Waals surface area contributed by atoms with Crippen molar-refractivity contribution in [2.24, 2.45) is 0 Å². The summed E-state index contributed by atoms with van der Waals surface area (Å²) in [5, 5.41) is 91.7. The number of aromatic hydroxyl groups is 2. The van der Waals surface area contributed by atoms with Crippen LogP contribution in [0, 0.1) is 0 Å². The van der Waals surface area contributed by atoms with E-state index < -0.39 is 97.3 Å². The van der Waals surface area contributed by atoms with E-state index in [0.29, 0.717) is 0 Å². The Bertz CT molecular complexity index is 1560. The van der Waals surface area contributed by atoms with Crippen molar-refractivity contribution in [3.05, 3.63) is 28.4 Å². The highest BCUT2D eigenvalue weighted by Crippen LogP contribution is 2.43. The number of hydrogen-bond donors (Lipinski definition) is 9. The summed E-state index contributed by atoms with van der Waals surface area (Å²) in [5.74, 6) is -1.65. The minimum Gasteiger partial charge on any atom is -0.507 e. The molecular weight excluding hydrogens is 596 g/mol. The molecule has 10 atom stereocenters. The Morgan fingerprint density at radius 2 is 1.39 bits per heavy atom. The smallest absolute Gasteiger partial charge is 0.229 e. The van der Waals surface area contributed by atoms with Gasteiger partial charge >= 0.3 is 0 Å². The van der Waals surface area contributed by atoms with Crippen molar-refractivity contribution in [3.8, 4) is 28.7 Å². The molecule has 0 unspecified atom stereocenters. The Morgan fingerprint density at radius 1 is 0.750 bits per heavy atom. The molecule has 2 aliphatic rings. The van der Waals surface area contributed by atoms with Crippen LogP contribution in [0.2, 0.25) is 0 Å². The number of fused-ring (bicyclic) bond motifs is 2. The topological polar surface area (TPSA) is 268 Å². The molecule has 5 rings (SSSR count). The molecule has 3 aromatic rings. The molecule has 242 valence electrons. The van der Waals surface area contributed by atoms with Crippen LogP contribution in [0.4, 0.5) is 0 Å². The van der Waals surface area contributed by atoms with E-state index in [2.05, 4.69) is 0 Å². The van der Waals surface area contributed by atoms with E-state index in [0.717, 1.165) is 12.1 Å². The zero-order chi connectivity index (χ0) is 32.0. The first-order chi connectivity index (χ1) is 20.9. The van der Waals surface area contributed by atoms with Crippen molar-refractivity contribution in [1.29, 1.82) is 0 Å². The van der Waals surface area contributed by atoms with Crippen molar-refractivity contribution in [3.63, 3.8) is 0 Å². The van der Waals surface area contributed by atoms with Gasteiger partial charge in [0.1, 0.15) is 70.9 Å². The van der Waals surface area contributed by atoms with Crippen LogP contribution in [0.3, 0.4) is 0 Å². The average molecular weight is 629 g/mol. The van der Waals surface area contributed by atoms with Crippen molar-refractivity contribution in [2.75, 3.05) is 27.4 Å². The van der Waals surface area contributed by atoms with Gasteiger partial charge < -0.3 is 78.8 Å². The number of methoxy groups -OCH3 is 2.